The summed E-state index contributed by atoms with van der Waals surface area (Å²) >= 11 is 0. The molecule has 1 saturated heterocycles. The molecule has 8 nitrogen and oxygen atoms in total. The number of fused-ring (bicyclic) bond motifs is 2. The number of benzene rings is 1. The van der Waals surface area contributed by atoms with Crippen molar-refractivity contribution in [3.63, 3.8) is 0 Å². The molecule has 1 saturated carbocycles. The first-order valence-electron chi connectivity index (χ1n) is 14.3. The molecule has 3 aromatic rings. The molecule has 0 unspecified atom stereocenters. The van der Waals surface area contributed by atoms with Crippen molar-refractivity contribution in [2.45, 2.75) is 53.0 Å². The standard InChI is InChI=1S/C29H35N7O.C2H6/c1-19(37)36-9-7-27-25(16-36)28(34-35(27)2)23-5-3-4-21-10-26(33-15-24(21)23)22(13-30)14-31-8-6-20-11-29(12-20)17-32-18-29;1-2/h3-5,10,13-15,20,32H,6-9,11-12,16-18,30H2,1-2H3;1-2H3/b22-13+,31-14?;. The highest BCUT2D eigenvalue weighted by atomic mass is 16.2. The van der Waals surface area contributed by atoms with Gasteiger partial charge in [0.15, 0.2) is 0 Å². The number of hydrogen-bond acceptors (Lipinski definition) is 6. The maximum Gasteiger partial charge on any atom is 0.219 e. The van der Waals surface area contributed by atoms with Crippen molar-refractivity contribution < 1.29 is 4.79 Å². The number of carbonyl (C=O) groups excluding carboxylic acids is 1. The highest BCUT2D eigenvalue weighted by Crippen LogP contribution is 2.49. The van der Waals surface area contributed by atoms with Gasteiger partial charge in [0.05, 0.1) is 11.4 Å². The van der Waals surface area contributed by atoms with E-state index in [2.05, 4.69) is 34.6 Å². The minimum Gasteiger partial charge on any atom is -0.404 e. The van der Waals surface area contributed by atoms with E-state index in [1.807, 2.05) is 42.9 Å². The zero-order chi connectivity index (χ0) is 27.6. The van der Waals surface area contributed by atoms with Gasteiger partial charge >= 0.3 is 0 Å². The number of nitrogens with zero attached hydrogens (tertiary/aromatic N) is 5. The zero-order valence-electron chi connectivity index (χ0n) is 23.7. The fourth-order valence-corrected chi connectivity index (χ4v) is 6.36. The summed E-state index contributed by atoms with van der Waals surface area (Å²) in [5.74, 6) is 0.904. The molecule has 0 radical (unpaired) electrons. The van der Waals surface area contributed by atoms with Crippen LogP contribution in [-0.4, -0.2) is 58.0 Å². The molecule has 3 N–H and O–H groups in total. The van der Waals surface area contributed by atoms with Crippen LogP contribution in [0.2, 0.25) is 0 Å². The van der Waals surface area contributed by atoms with E-state index in [4.69, 9.17) is 15.8 Å². The van der Waals surface area contributed by atoms with Crippen LogP contribution in [0.5, 0.6) is 0 Å². The Labute approximate surface area is 231 Å². The Kier molecular flexibility index (Phi) is 7.84. The minimum absolute atomic E-state index is 0.0970. The van der Waals surface area contributed by atoms with E-state index in [0.717, 1.165) is 70.7 Å². The van der Waals surface area contributed by atoms with E-state index in [-0.39, 0.29) is 5.91 Å². The first-order valence-corrected chi connectivity index (χ1v) is 14.3. The molecule has 2 aromatic heterocycles. The van der Waals surface area contributed by atoms with Crippen molar-refractivity contribution in [3.05, 3.63) is 53.6 Å². The number of nitrogens with two attached hydrogens (primary N) is 1. The highest BCUT2D eigenvalue weighted by Gasteiger charge is 2.47. The summed E-state index contributed by atoms with van der Waals surface area (Å²) < 4.78 is 1.96. The Bertz CT molecular complexity index is 1410. The number of rotatable bonds is 6. The summed E-state index contributed by atoms with van der Waals surface area (Å²) in [5, 5.41) is 10.4. The normalized spacial score (nSPS) is 18.5. The van der Waals surface area contributed by atoms with E-state index in [0.29, 0.717) is 12.0 Å². The largest absolute Gasteiger partial charge is 0.404 e. The predicted octanol–water partition coefficient (Wildman–Crippen LogP) is 4.33. The van der Waals surface area contributed by atoms with Crippen LogP contribution in [0.25, 0.3) is 27.6 Å². The molecule has 3 aliphatic rings. The van der Waals surface area contributed by atoms with Crippen LogP contribution in [0.3, 0.4) is 0 Å². The molecule has 0 bridgehead atoms. The molecular formula is C31H41N7O. The lowest BCUT2D eigenvalue weighted by Crippen LogP contribution is -2.60. The number of pyridine rings is 1. The maximum atomic E-state index is 12.1. The van der Waals surface area contributed by atoms with Gasteiger partial charge in [-0.25, -0.2) is 0 Å². The monoisotopic (exact) mass is 527 g/mol. The second-order valence-corrected chi connectivity index (χ2v) is 11.0. The van der Waals surface area contributed by atoms with Crippen LogP contribution >= 0.6 is 0 Å². The average Bonchev–Trinajstić information content (AvgIpc) is 3.24. The number of amides is 1. The zero-order valence-corrected chi connectivity index (χ0v) is 23.7. The molecule has 4 heterocycles. The van der Waals surface area contributed by atoms with Gasteiger partial charge in [-0.3, -0.25) is 19.5 Å². The number of hydrogen-bond donors (Lipinski definition) is 2. The molecule has 1 aromatic carbocycles. The third-order valence-corrected chi connectivity index (χ3v) is 8.52. The average molecular weight is 528 g/mol. The van der Waals surface area contributed by atoms with Crippen molar-refractivity contribution in [2.24, 2.45) is 29.1 Å². The van der Waals surface area contributed by atoms with Gasteiger partial charge in [0.25, 0.3) is 0 Å². The molecule has 1 aliphatic carbocycles. The van der Waals surface area contributed by atoms with E-state index < -0.39 is 0 Å². The van der Waals surface area contributed by atoms with Gasteiger partial charge in [-0.15, -0.1) is 0 Å². The molecule has 2 aliphatic heterocycles. The van der Waals surface area contributed by atoms with Crippen LogP contribution < -0.4 is 11.1 Å². The van der Waals surface area contributed by atoms with Crippen LogP contribution in [0.1, 0.15) is 57.0 Å². The lowest BCUT2D eigenvalue weighted by molar-refractivity contribution is -0.129. The molecule has 1 amide bonds. The Hall–Kier alpha value is -3.52. The lowest BCUT2D eigenvalue weighted by Gasteiger charge is -2.54. The van der Waals surface area contributed by atoms with E-state index in [1.54, 1.807) is 13.1 Å². The van der Waals surface area contributed by atoms with Gasteiger partial charge in [0.1, 0.15) is 0 Å². The number of aryl methyl sites for hydroxylation is 1. The Morgan fingerprint density at radius 3 is 2.77 bits per heavy atom. The molecule has 8 heteroatoms. The number of aromatic nitrogens is 3. The summed E-state index contributed by atoms with van der Waals surface area (Å²) in [6.45, 7) is 10.2. The van der Waals surface area contributed by atoms with Crippen molar-refractivity contribution in [3.8, 4) is 11.3 Å². The second-order valence-electron chi connectivity index (χ2n) is 11.0. The van der Waals surface area contributed by atoms with Crippen LogP contribution in [0.4, 0.5) is 0 Å². The molecule has 2 fully saturated rings. The van der Waals surface area contributed by atoms with E-state index >= 15 is 0 Å². The van der Waals surface area contributed by atoms with Gasteiger partial charge in [0, 0.05) is 99.5 Å². The van der Waals surface area contributed by atoms with Crippen molar-refractivity contribution >= 4 is 28.5 Å². The summed E-state index contributed by atoms with van der Waals surface area (Å²) in [6.07, 6.45) is 10.00. The van der Waals surface area contributed by atoms with Crippen LogP contribution in [0.15, 0.2) is 41.7 Å². The number of nitrogens with one attached hydrogen (secondary N) is 1. The van der Waals surface area contributed by atoms with Crippen molar-refractivity contribution in [1.29, 1.82) is 0 Å². The van der Waals surface area contributed by atoms with Crippen molar-refractivity contribution in [1.82, 2.24) is 25.0 Å². The molecular weight excluding hydrogens is 486 g/mol. The van der Waals surface area contributed by atoms with Gasteiger partial charge in [-0.05, 0) is 42.0 Å². The summed E-state index contributed by atoms with van der Waals surface area (Å²) in [4.78, 5) is 23.4. The quantitative estimate of drug-likeness (QED) is 0.465. The number of carbonyl (C=O) groups is 1. The fraction of sp³-hybridized carbons (Fsp3) is 0.484. The maximum absolute atomic E-state index is 12.1. The third-order valence-electron chi connectivity index (χ3n) is 8.52. The number of aliphatic imine (C=N–C) groups is 1. The van der Waals surface area contributed by atoms with Gasteiger partial charge in [0.2, 0.25) is 5.91 Å². The SMILES string of the molecule is CC.CC(=O)N1CCc2c(c(-c3cccc4cc(/C(C=NCCC5CC6(CNC6)C5)=C/N)ncc34)nn2C)C1. The molecule has 1 spiro atoms. The molecule has 0 atom stereocenters. The predicted molar refractivity (Wildman–Crippen MR) is 158 cm³/mol. The fourth-order valence-electron chi connectivity index (χ4n) is 6.36. The summed E-state index contributed by atoms with van der Waals surface area (Å²) in [6, 6.07) is 8.30. The minimum atomic E-state index is 0.0970. The van der Waals surface area contributed by atoms with Crippen LogP contribution in [0, 0.1) is 11.3 Å². The third kappa shape index (κ3) is 5.22. The summed E-state index contributed by atoms with van der Waals surface area (Å²) in [5.41, 5.74) is 12.5. The smallest absolute Gasteiger partial charge is 0.219 e. The summed E-state index contributed by atoms with van der Waals surface area (Å²) in [7, 11) is 1.98. The first-order chi connectivity index (χ1) is 19.0. The Morgan fingerprint density at radius 1 is 1.28 bits per heavy atom. The Balaban J connectivity index is 0.00000151. The van der Waals surface area contributed by atoms with Gasteiger partial charge < -0.3 is 16.0 Å². The van der Waals surface area contributed by atoms with E-state index in [1.165, 1.54) is 31.6 Å². The highest BCUT2D eigenvalue weighted by molar-refractivity contribution is 6.10. The molecule has 6 rings (SSSR count). The first kappa shape index (κ1) is 27.1. The van der Waals surface area contributed by atoms with Gasteiger partial charge in [-0.1, -0.05) is 32.0 Å². The molecule has 206 valence electrons. The van der Waals surface area contributed by atoms with Gasteiger partial charge in [-0.2, -0.15) is 5.10 Å². The van der Waals surface area contributed by atoms with E-state index in [9.17, 15) is 4.79 Å². The topological polar surface area (TPSA) is 101 Å². The Morgan fingerprint density at radius 2 is 2.08 bits per heavy atom. The van der Waals surface area contributed by atoms with Crippen molar-refractivity contribution in [2.75, 3.05) is 26.2 Å². The molecule has 39 heavy (non-hydrogen) atoms. The van der Waals surface area contributed by atoms with Crippen LogP contribution in [-0.2, 0) is 24.8 Å². The number of allylic oxidation sites excluding steroid dienone is 1. The second kappa shape index (κ2) is 11.3. The lowest BCUT2D eigenvalue weighted by atomic mass is 9.58.